The van der Waals surface area contributed by atoms with E-state index in [0.717, 1.165) is 25.7 Å². The van der Waals surface area contributed by atoms with Crippen molar-refractivity contribution in [1.82, 2.24) is 4.72 Å². The molecule has 4 nitrogen and oxygen atoms in total. The minimum atomic E-state index is -3.57. The van der Waals surface area contributed by atoms with Crippen LogP contribution in [-0.2, 0) is 10.0 Å². The van der Waals surface area contributed by atoms with E-state index in [1.165, 1.54) is 18.2 Å². The summed E-state index contributed by atoms with van der Waals surface area (Å²) < 4.78 is 27.4. The average molecular weight is 335 g/mol. The Morgan fingerprint density at radius 1 is 1.30 bits per heavy atom. The second kappa shape index (κ2) is 6.56. The zero-order valence-corrected chi connectivity index (χ0v) is 13.7. The van der Waals surface area contributed by atoms with Crippen LogP contribution in [0.3, 0.4) is 0 Å². The van der Waals surface area contributed by atoms with Crippen LogP contribution in [0.25, 0.3) is 0 Å². The van der Waals surface area contributed by atoms with E-state index in [9.17, 15) is 8.42 Å². The van der Waals surface area contributed by atoms with Crippen LogP contribution in [0.5, 0.6) is 0 Å². The maximum atomic E-state index is 12.3. The van der Waals surface area contributed by atoms with E-state index in [1.807, 2.05) is 11.8 Å². The van der Waals surface area contributed by atoms with Gasteiger partial charge in [-0.25, -0.2) is 13.1 Å². The Labute approximate surface area is 129 Å². The summed E-state index contributed by atoms with van der Waals surface area (Å²) in [5.74, 6) is 0. The summed E-state index contributed by atoms with van der Waals surface area (Å²) in [6.07, 6.45) is 5.94. The fourth-order valence-corrected chi connectivity index (χ4v) is 4.81. The fraction of sp³-hybridized carbons (Fsp3) is 0.538. The Morgan fingerprint density at radius 2 is 1.95 bits per heavy atom. The highest BCUT2D eigenvalue weighted by Gasteiger charge is 2.26. The third-order valence-corrected chi connectivity index (χ3v) is 6.56. The van der Waals surface area contributed by atoms with Crippen molar-refractivity contribution >= 4 is 39.1 Å². The molecule has 2 rings (SSSR count). The molecule has 0 radical (unpaired) electrons. The minimum absolute atomic E-state index is 0.00141. The lowest BCUT2D eigenvalue weighted by Crippen LogP contribution is -2.38. The number of sulfonamides is 1. The van der Waals surface area contributed by atoms with Crippen LogP contribution in [-0.4, -0.2) is 26.0 Å². The molecule has 1 aliphatic carbocycles. The number of nitrogens with two attached hydrogens (primary N) is 1. The van der Waals surface area contributed by atoms with Crippen LogP contribution in [0.4, 0.5) is 5.69 Å². The molecular formula is C13H19ClN2O2S2. The summed E-state index contributed by atoms with van der Waals surface area (Å²) in [7, 11) is -3.57. The van der Waals surface area contributed by atoms with E-state index in [-0.39, 0.29) is 16.6 Å². The van der Waals surface area contributed by atoms with Crippen molar-refractivity contribution in [3.05, 3.63) is 23.2 Å². The lowest BCUT2D eigenvalue weighted by Gasteiger charge is -2.28. The van der Waals surface area contributed by atoms with E-state index in [2.05, 4.69) is 11.0 Å². The number of hydrogen-bond donors (Lipinski definition) is 2. The van der Waals surface area contributed by atoms with Crippen molar-refractivity contribution in [2.24, 2.45) is 0 Å². The number of hydrogen-bond acceptors (Lipinski definition) is 4. The van der Waals surface area contributed by atoms with E-state index in [4.69, 9.17) is 17.3 Å². The maximum Gasteiger partial charge on any atom is 0.242 e. The Balaban J connectivity index is 2.08. The third kappa shape index (κ3) is 3.81. The molecular weight excluding hydrogens is 316 g/mol. The van der Waals surface area contributed by atoms with Gasteiger partial charge in [0.1, 0.15) is 4.90 Å². The molecule has 0 atom stereocenters. The molecule has 1 aromatic rings. The monoisotopic (exact) mass is 334 g/mol. The van der Waals surface area contributed by atoms with Gasteiger partial charge in [-0.3, -0.25) is 0 Å². The molecule has 1 fully saturated rings. The van der Waals surface area contributed by atoms with Crippen LogP contribution < -0.4 is 10.5 Å². The number of thioether (sulfide) groups is 1. The topological polar surface area (TPSA) is 72.2 Å². The van der Waals surface area contributed by atoms with Crippen LogP contribution in [0, 0.1) is 0 Å². The van der Waals surface area contributed by atoms with E-state index in [0.29, 0.717) is 10.3 Å². The van der Waals surface area contributed by atoms with E-state index >= 15 is 0 Å². The van der Waals surface area contributed by atoms with Crippen LogP contribution >= 0.6 is 23.4 Å². The highest BCUT2D eigenvalue weighted by atomic mass is 35.5. The molecule has 1 aliphatic rings. The molecule has 1 aromatic carbocycles. The standard InChI is InChI=1S/C13H19ClN2O2S2/c1-19-11-5-3-10(4-6-11)16-20(17,18)13-7-2-9(14)8-12(13)15/h2,7-8,10-11,16H,3-6,15H2,1H3. The Morgan fingerprint density at radius 3 is 2.50 bits per heavy atom. The molecule has 0 aromatic heterocycles. The lowest BCUT2D eigenvalue weighted by atomic mass is 9.96. The number of nitrogen functional groups attached to an aromatic ring is 1. The van der Waals surface area contributed by atoms with Gasteiger partial charge in [0, 0.05) is 16.3 Å². The third-order valence-electron chi connectivity index (χ3n) is 3.59. The van der Waals surface area contributed by atoms with Gasteiger partial charge in [0.2, 0.25) is 10.0 Å². The first kappa shape index (κ1) is 15.9. The SMILES string of the molecule is CSC1CCC(NS(=O)(=O)c2ccc(Cl)cc2N)CC1. The first-order chi connectivity index (χ1) is 9.42. The predicted octanol–water partition coefficient (Wildman–Crippen LogP) is 2.87. The second-order valence-electron chi connectivity index (χ2n) is 5.01. The summed E-state index contributed by atoms with van der Waals surface area (Å²) in [5.41, 5.74) is 5.93. The molecule has 0 unspecified atom stereocenters. The van der Waals surface area contributed by atoms with Gasteiger partial charge in [0.15, 0.2) is 0 Å². The number of nitrogens with one attached hydrogen (secondary N) is 1. The van der Waals surface area contributed by atoms with Gasteiger partial charge in [-0.15, -0.1) is 0 Å². The molecule has 7 heteroatoms. The first-order valence-corrected chi connectivity index (χ1v) is 9.67. The summed E-state index contributed by atoms with van der Waals surface area (Å²) >= 11 is 7.65. The minimum Gasteiger partial charge on any atom is -0.398 e. The normalized spacial score (nSPS) is 23.7. The zero-order chi connectivity index (χ0) is 14.8. The molecule has 0 saturated heterocycles. The van der Waals surface area contributed by atoms with Gasteiger partial charge in [-0.05, 0) is 50.1 Å². The quantitative estimate of drug-likeness (QED) is 0.830. The van der Waals surface area contributed by atoms with E-state index in [1.54, 1.807) is 0 Å². The Hall–Kier alpha value is -0.430. The van der Waals surface area contributed by atoms with Crippen molar-refractivity contribution in [2.45, 2.75) is 41.9 Å². The van der Waals surface area contributed by atoms with Crippen molar-refractivity contribution < 1.29 is 8.42 Å². The van der Waals surface area contributed by atoms with Crippen molar-refractivity contribution in [1.29, 1.82) is 0 Å². The van der Waals surface area contributed by atoms with Crippen LogP contribution in [0.15, 0.2) is 23.1 Å². The molecule has 0 bridgehead atoms. The van der Waals surface area contributed by atoms with Gasteiger partial charge in [-0.2, -0.15) is 11.8 Å². The van der Waals surface area contributed by atoms with Crippen LogP contribution in [0.1, 0.15) is 25.7 Å². The number of anilines is 1. The van der Waals surface area contributed by atoms with Crippen molar-refractivity contribution in [3.63, 3.8) is 0 Å². The molecule has 0 heterocycles. The van der Waals surface area contributed by atoms with Gasteiger partial charge >= 0.3 is 0 Å². The van der Waals surface area contributed by atoms with Gasteiger partial charge in [-0.1, -0.05) is 11.6 Å². The molecule has 112 valence electrons. The molecule has 3 N–H and O–H groups in total. The highest BCUT2D eigenvalue weighted by Crippen LogP contribution is 2.28. The summed E-state index contributed by atoms with van der Waals surface area (Å²) in [6, 6.07) is 4.45. The second-order valence-corrected chi connectivity index (χ2v) is 8.27. The van der Waals surface area contributed by atoms with Gasteiger partial charge in [0.05, 0.1) is 5.69 Å². The van der Waals surface area contributed by atoms with Gasteiger partial charge < -0.3 is 5.73 Å². The van der Waals surface area contributed by atoms with E-state index < -0.39 is 10.0 Å². The molecule has 0 amide bonds. The van der Waals surface area contributed by atoms with Gasteiger partial charge in [0.25, 0.3) is 0 Å². The van der Waals surface area contributed by atoms with Crippen molar-refractivity contribution in [3.8, 4) is 0 Å². The molecule has 0 spiro atoms. The predicted molar refractivity (Wildman–Crippen MR) is 85.7 cm³/mol. The highest BCUT2D eigenvalue weighted by molar-refractivity contribution is 7.99. The largest absolute Gasteiger partial charge is 0.398 e. The average Bonchev–Trinajstić information content (AvgIpc) is 2.38. The smallest absolute Gasteiger partial charge is 0.242 e. The maximum absolute atomic E-state index is 12.3. The summed E-state index contributed by atoms with van der Waals surface area (Å²) in [5, 5.41) is 1.08. The molecule has 0 aliphatic heterocycles. The summed E-state index contributed by atoms with van der Waals surface area (Å²) in [4.78, 5) is 0.105. The molecule has 20 heavy (non-hydrogen) atoms. The molecule has 1 saturated carbocycles. The Bertz CT molecular complexity index is 570. The number of rotatable bonds is 4. The fourth-order valence-electron chi connectivity index (χ4n) is 2.46. The first-order valence-electron chi connectivity index (χ1n) is 6.52. The zero-order valence-electron chi connectivity index (χ0n) is 11.3. The Kier molecular flexibility index (Phi) is 5.23. The number of halogens is 1. The summed E-state index contributed by atoms with van der Waals surface area (Å²) in [6.45, 7) is 0. The van der Waals surface area contributed by atoms with Crippen molar-refractivity contribution in [2.75, 3.05) is 12.0 Å². The number of benzene rings is 1. The lowest BCUT2D eigenvalue weighted by molar-refractivity contribution is 0.420. The van der Waals surface area contributed by atoms with Crippen LogP contribution in [0.2, 0.25) is 5.02 Å².